The molecule has 0 radical (unpaired) electrons. The fourth-order valence-corrected chi connectivity index (χ4v) is 2.75. The van der Waals surface area contributed by atoms with Gasteiger partial charge in [0.15, 0.2) is 0 Å². The Bertz CT molecular complexity index is 773. The zero-order chi connectivity index (χ0) is 15.7. The highest BCUT2D eigenvalue weighted by Gasteiger charge is 2.18. The number of carbonyl (C=O) groups excluding carboxylic acids is 1. The van der Waals surface area contributed by atoms with Crippen LogP contribution >= 0.6 is 0 Å². The van der Waals surface area contributed by atoms with Gasteiger partial charge in [-0.1, -0.05) is 12.1 Å². The number of hydrogen-bond acceptors (Lipinski definition) is 3. The maximum Gasteiger partial charge on any atom is 0.346 e. The number of benzene rings is 1. The first-order chi connectivity index (χ1) is 10.5. The lowest BCUT2D eigenvalue weighted by Gasteiger charge is -2.09. The number of nitrogens with one attached hydrogen (secondary N) is 1. The highest BCUT2D eigenvalue weighted by Crippen LogP contribution is 2.16. The Morgan fingerprint density at radius 3 is 2.91 bits per heavy atom. The molecule has 0 saturated carbocycles. The molecular formula is C16H20N4O2. The van der Waals surface area contributed by atoms with E-state index in [1.54, 1.807) is 4.57 Å². The standard InChI is InChI=1S/C16H20N4O2/c1-11-6-7-12(2)13(9-11)17-15(21)10-20-16(22)19-8-4-3-5-14(19)18-20/h6-7,9H,3-5,8,10H2,1-2H3,(H,17,21). The van der Waals surface area contributed by atoms with Crippen LogP contribution in [0.5, 0.6) is 0 Å². The van der Waals surface area contributed by atoms with Gasteiger partial charge in [-0.3, -0.25) is 9.36 Å². The van der Waals surface area contributed by atoms with Gasteiger partial charge in [0.1, 0.15) is 12.4 Å². The van der Waals surface area contributed by atoms with E-state index >= 15 is 0 Å². The van der Waals surface area contributed by atoms with Crippen molar-refractivity contribution in [1.82, 2.24) is 14.3 Å². The minimum Gasteiger partial charge on any atom is -0.324 e. The van der Waals surface area contributed by atoms with E-state index in [-0.39, 0.29) is 18.1 Å². The molecule has 1 N–H and O–H groups in total. The summed E-state index contributed by atoms with van der Waals surface area (Å²) >= 11 is 0. The summed E-state index contributed by atoms with van der Waals surface area (Å²) in [6.45, 7) is 4.57. The summed E-state index contributed by atoms with van der Waals surface area (Å²) in [5, 5.41) is 7.14. The summed E-state index contributed by atoms with van der Waals surface area (Å²) in [5.41, 5.74) is 2.67. The van der Waals surface area contributed by atoms with Crippen LogP contribution in [0.4, 0.5) is 5.69 Å². The average molecular weight is 300 g/mol. The molecule has 2 aromatic rings. The molecule has 3 rings (SSSR count). The highest BCUT2D eigenvalue weighted by atomic mass is 16.2. The normalized spacial score (nSPS) is 13.7. The van der Waals surface area contributed by atoms with Crippen molar-refractivity contribution in [2.75, 3.05) is 5.32 Å². The second kappa shape index (κ2) is 5.79. The Morgan fingerprint density at radius 2 is 2.14 bits per heavy atom. The van der Waals surface area contributed by atoms with Gasteiger partial charge in [-0.25, -0.2) is 9.48 Å². The van der Waals surface area contributed by atoms with Crippen LogP contribution in [0.15, 0.2) is 23.0 Å². The average Bonchev–Trinajstić information content (AvgIpc) is 2.80. The summed E-state index contributed by atoms with van der Waals surface area (Å²) in [6.07, 6.45) is 2.85. The summed E-state index contributed by atoms with van der Waals surface area (Å²) in [5.74, 6) is 0.557. The maximum atomic E-state index is 12.2. The van der Waals surface area contributed by atoms with Crippen LogP contribution in [0.3, 0.4) is 0 Å². The van der Waals surface area contributed by atoms with E-state index in [4.69, 9.17) is 0 Å². The van der Waals surface area contributed by atoms with Gasteiger partial charge < -0.3 is 5.32 Å². The van der Waals surface area contributed by atoms with Crippen LogP contribution in [0.2, 0.25) is 0 Å². The second-order valence-corrected chi connectivity index (χ2v) is 5.83. The molecular weight excluding hydrogens is 280 g/mol. The third-order valence-corrected chi connectivity index (χ3v) is 3.99. The SMILES string of the molecule is Cc1ccc(C)c(NC(=O)Cn2nc3n(c2=O)CCCC3)c1. The molecule has 0 bridgehead atoms. The van der Waals surface area contributed by atoms with Crippen LogP contribution in [-0.4, -0.2) is 20.3 Å². The molecule has 1 aliphatic heterocycles. The van der Waals surface area contributed by atoms with E-state index in [9.17, 15) is 9.59 Å². The molecule has 1 aromatic heterocycles. The number of aryl methyl sites for hydroxylation is 3. The van der Waals surface area contributed by atoms with Crippen LogP contribution in [0, 0.1) is 13.8 Å². The Morgan fingerprint density at radius 1 is 1.32 bits per heavy atom. The second-order valence-electron chi connectivity index (χ2n) is 5.83. The van der Waals surface area contributed by atoms with Gasteiger partial charge >= 0.3 is 5.69 Å². The molecule has 1 amide bonds. The van der Waals surface area contributed by atoms with Crippen molar-refractivity contribution in [1.29, 1.82) is 0 Å². The first-order valence-electron chi connectivity index (χ1n) is 7.58. The van der Waals surface area contributed by atoms with Crippen molar-refractivity contribution in [3.05, 3.63) is 45.6 Å². The molecule has 1 aromatic carbocycles. The number of hydrogen-bond donors (Lipinski definition) is 1. The Labute approximate surface area is 128 Å². The van der Waals surface area contributed by atoms with Gasteiger partial charge in [0.05, 0.1) is 0 Å². The lowest BCUT2D eigenvalue weighted by atomic mass is 10.1. The van der Waals surface area contributed by atoms with Gasteiger partial charge in [-0.05, 0) is 43.9 Å². The van der Waals surface area contributed by atoms with Crippen LogP contribution in [0.1, 0.15) is 29.8 Å². The minimum absolute atomic E-state index is 0.0494. The van der Waals surface area contributed by atoms with E-state index in [1.165, 1.54) is 4.68 Å². The Balaban J connectivity index is 1.76. The molecule has 0 unspecified atom stereocenters. The molecule has 2 heterocycles. The Hall–Kier alpha value is -2.37. The molecule has 6 nitrogen and oxygen atoms in total. The molecule has 0 fully saturated rings. The molecule has 0 atom stereocenters. The first-order valence-corrected chi connectivity index (χ1v) is 7.58. The fourth-order valence-electron chi connectivity index (χ4n) is 2.75. The zero-order valence-corrected chi connectivity index (χ0v) is 12.9. The van der Waals surface area contributed by atoms with E-state index < -0.39 is 0 Å². The summed E-state index contributed by atoms with van der Waals surface area (Å²) in [4.78, 5) is 24.4. The lowest BCUT2D eigenvalue weighted by molar-refractivity contribution is -0.117. The number of anilines is 1. The molecule has 0 saturated heterocycles. The van der Waals surface area contributed by atoms with Crippen molar-refractivity contribution < 1.29 is 4.79 Å². The summed E-state index contributed by atoms with van der Waals surface area (Å²) < 4.78 is 2.94. The smallest absolute Gasteiger partial charge is 0.324 e. The van der Waals surface area contributed by atoms with Crippen LogP contribution < -0.4 is 11.0 Å². The number of fused-ring (bicyclic) bond motifs is 1. The van der Waals surface area contributed by atoms with Crippen LogP contribution in [-0.2, 0) is 24.3 Å². The van der Waals surface area contributed by atoms with E-state index in [0.717, 1.165) is 41.9 Å². The summed E-state index contributed by atoms with van der Waals surface area (Å²) in [7, 11) is 0. The van der Waals surface area contributed by atoms with Crippen molar-refractivity contribution in [3.8, 4) is 0 Å². The predicted octanol–water partition coefficient (Wildman–Crippen LogP) is 1.64. The van der Waals surface area contributed by atoms with Gasteiger partial charge in [-0.2, -0.15) is 5.10 Å². The van der Waals surface area contributed by atoms with Gasteiger partial charge in [0, 0.05) is 18.7 Å². The third kappa shape index (κ3) is 2.81. The van der Waals surface area contributed by atoms with Crippen molar-refractivity contribution in [2.45, 2.75) is 46.2 Å². The van der Waals surface area contributed by atoms with E-state index in [2.05, 4.69) is 10.4 Å². The molecule has 0 aliphatic carbocycles. The molecule has 0 spiro atoms. The number of amides is 1. The maximum absolute atomic E-state index is 12.2. The van der Waals surface area contributed by atoms with Crippen molar-refractivity contribution >= 4 is 11.6 Å². The van der Waals surface area contributed by atoms with Gasteiger partial charge in [0.2, 0.25) is 5.91 Å². The highest BCUT2D eigenvalue weighted by molar-refractivity contribution is 5.91. The molecule has 22 heavy (non-hydrogen) atoms. The molecule has 1 aliphatic rings. The number of nitrogens with zero attached hydrogens (tertiary/aromatic N) is 3. The van der Waals surface area contributed by atoms with Gasteiger partial charge in [-0.15, -0.1) is 0 Å². The minimum atomic E-state index is -0.230. The Kier molecular flexibility index (Phi) is 3.83. The lowest BCUT2D eigenvalue weighted by Crippen LogP contribution is -2.31. The first kappa shape index (κ1) is 14.6. The number of carbonyl (C=O) groups is 1. The zero-order valence-electron chi connectivity index (χ0n) is 12.9. The van der Waals surface area contributed by atoms with Crippen LogP contribution in [0.25, 0.3) is 0 Å². The predicted molar refractivity (Wildman–Crippen MR) is 84.0 cm³/mol. The van der Waals surface area contributed by atoms with E-state index in [0.29, 0.717) is 6.54 Å². The third-order valence-electron chi connectivity index (χ3n) is 3.99. The number of aromatic nitrogens is 3. The van der Waals surface area contributed by atoms with Crippen molar-refractivity contribution in [3.63, 3.8) is 0 Å². The quantitative estimate of drug-likeness (QED) is 0.937. The number of rotatable bonds is 3. The molecule has 116 valence electrons. The summed E-state index contributed by atoms with van der Waals surface area (Å²) in [6, 6.07) is 5.89. The van der Waals surface area contributed by atoms with Gasteiger partial charge in [0.25, 0.3) is 0 Å². The largest absolute Gasteiger partial charge is 0.346 e. The monoisotopic (exact) mass is 300 g/mol. The topological polar surface area (TPSA) is 68.9 Å². The fraction of sp³-hybridized carbons (Fsp3) is 0.438. The van der Waals surface area contributed by atoms with E-state index in [1.807, 2.05) is 32.0 Å². The molecule has 6 heteroatoms. The van der Waals surface area contributed by atoms with Crippen molar-refractivity contribution in [2.24, 2.45) is 0 Å².